The van der Waals surface area contributed by atoms with E-state index in [2.05, 4.69) is 10.2 Å². The van der Waals surface area contributed by atoms with Crippen LogP contribution in [0.3, 0.4) is 0 Å². The lowest BCUT2D eigenvalue weighted by Gasteiger charge is -2.21. The van der Waals surface area contributed by atoms with Gasteiger partial charge in [0.25, 0.3) is 5.91 Å². The van der Waals surface area contributed by atoms with E-state index >= 15 is 0 Å². The molecule has 4 nitrogen and oxygen atoms in total. The fourth-order valence-corrected chi connectivity index (χ4v) is 3.05. The number of nitrogens with zero attached hydrogens (tertiary/aromatic N) is 3. The summed E-state index contributed by atoms with van der Waals surface area (Å²) in [5, 5.41) is 9.96. The van der Waals surface area contributed by atoms with Crippen LogP contribution >= 0.6 is 22.9 Å². The molecule has 1 aromatic heterocycles. The molecule has 3 aromatic rings. The summed E-state index contributed by atoms with van der Waals surface area (Å²) in [6, 6.07) is 13.9. The van der Waals surface area contributed by atoms with Gasteiger partial charge in [-0.2, -0.15) is 0 Å². The molecule has 0 atom stereocenters. The van der Waals surface area contributed by atoms with Crippen LogP contribution in [0.2, 0.25) is 4.47 Å². The van der Waals surface area contributed by atoms with Gasteiger partial charge in [0.05, 0.1) is 5.69 Å². The van der Waals surface area contributed by atoms with Gasteiger partial charge in [0.2, 0.25) is 9.47 Å². The van der Waals surface area contributed by atoms with Crippen molar-refractivity contribution >= 4 is 45.3 Å². The van der Waals surface area contributed by atoms with Crippen LogP contribution in [0.1, 0.15) is 16.7 Å². The topological polar surface area (TPSA) is 46.1 Å². The Kier molecular flexibility index (Phi) is 3.86. The normalized spacial score (nSPS) is 10.8. The van der Waals surface area contributed by atoms with Crippen LogP contribution in [0.5, 0.6) is 0 Å². The summed E-state index contributed by atoms with van der Waals surface area (Å²) in [6.45, 7) is 2.48. The van der Waals surface area contributed by atoms with Crippen LogP contribution in [-0.2, 0) is 0 Å². The van der Waals surface area contributed by atoms with Gasteiger partial charge in [-0.15, -0.1) is 10.2 Å². The number of hydrogen-bond donors (Lipinski definition) is 0. The van der Waals surface area contributed by atoms with E-state index in [1.165, 1.54) is 0 Å². The third-order valence-electron chi connectivity index (χ3n) is 3.20. The Balaban J connectivity index is 2.08. The van der Waals surface area contributed by atoms with Crippen molar-refractivity contribution in [2.45, 2.75) is 6.92 Å². The molecule has 0 fully saturated rings. The SMILES string of the molecule is CCN(C(=O)c1nnc(Cl)s1)c1cccc2ccccc12. The standard InChI is InChI=1S/C15H12ClN3OS/c1-2-19(14(20)13-17-18-15(16)21-13)12-9-5-7-10-6-3-4-8-11(10)12/h3-9H,2H2,1H3. The highest BCUT2D eigenvalue weighted by Gasteiger charge is 2.21. The van der Waals surface area contributed by atoms with Gasteiger partial charge in [-0.05, 0) is 30.0 Å². The highest BCUT2D eigenvalue weighted by Crippen LogP contribution is 2.28. The minimum atomic E-state index is -0.182. The van der Waals surface area contributed by atoms with Crippen LogP contribution < -0.4 is 4.90 Å². The molecule has 0 N–H and O–H groups in total. The van der Waals surface area contributed by atoms with Crippen molar-refractivity contribution in [2.75, 3.05) is 11.4 Å². The lowest BCUT2D eigenvalue weighted by Crippen LogP contribution is -2.30. The zero-order valence-corrected chi connectivity index (χ0v) is 12.9. The van der Waals surface area contributed by atoms with Crippen molar-refractivity contribution < 1.29 is 4.79 Å². The van der Waals surface area contributed by atoms with Gasteiger partial charge in [0.1, 0.15) is 0 Å². The van der Waals surface area contributed by atoms with Crippen molar-refractivity contribution in [1.82, 2.24) is 10.2 Å². The van der Waals surface area contributed by atoms with E-state index in [-0.39, 0.29) is 10.4 Å². The van der Waals surface area contributed by atoms with Crippen LogP contribution in [-0.4, -0.2) is 22.6 Å². The van der Waals surface area contributed by atoms with Gasteiger partial charge in [-0.3, -0.25) is 4.79 Å². The summed E-state index contributed by atoms with van der Waals surface area (Å²) < 4.78 is 0.271. The Morgan fingerprint density at radius 1 is 1.19 bits per heavy atom. The Morgan fingerprint density at radius 2 is 1.95 bits per heavy atom. The van der Waals surface area contributed by atoms with E-state index in [0.29, 0.717) is 11.6 Å². The number of hydrogen-bond acceptors (Lipinski definition) is 4. The molecule has 21 heavy (non-hydrogen) atoms. The Hall–Kier alpha value is -1.98. The molecule has 0 aliphatic heterocycles. The number of aromatic nitrogens is 2. The van der Waals surface area contributed by atoms with Gasteiger partial charge in [-0.1, -0.05) is 47.7 Å². The molecule has 2 aromatic carbocycles. The van der Waals surface area contributed by atoms with Gasteiger partial charge >= 0.3 is 0 Å². The second kappa shape index (κ2) is 5.79. The molecule has 1 amide bonds. The van der Waals surface area contributed by atoms with Crippen LogP contribution in [0.25, 0.3) is 10.8 Å². The summed E-state index contributed by atoms with van der Waals surface area (Å²) in [5.41, 5.74) is 0.868. The van der Waals surface area contributed by atoms with E-state index in [1.54, 1.807) is 4.90 Å². The van der Waals surface area contributed by atoms with Crippen molar-refractivity contribution in [1.29, 1.82) is 0 Å². The predicted octanol–water partition coefficient (Wildman–Crippen LogP) is 4.01. The largest absolute Gasteiger partial charge is 0.306 e. The van der Waals surface area contributed by atoms with Crippen LogP contribution in [0.15, 0.2) is 42.5 Å². The summed E-state index contributed by atoms with van der Waals surface area (Å²) >= 11 is 6.86. The maximum atomic E-state index is 12.6. The first-order chi connectivity index (χ1) is 10.2. The van der Waals surface area contributed by atoms with E-state index < -0.39 is 0 Å². The molecule has 0 aliphatic rings. The fourth-order valence-electron chi connectivity index (χ4n) is 2.27. The summed E-state index contributed by atoms with van der Waals surface area (Å²) in [5.74, 6) is -0.182. The number of rotatable bonds is 3. The number of amides is 1. The molecule has 1 heterocycles. The molecular weight excluding hydrogens is 306 g/mol. The van der Waals surface area contributed by atoms with E-state index in [1.807, 2.05) is 49.4 Å². The summed E-state index contributed by atoms with van der Waals surface area (Å²) in [4.78, 5) is 14.3. The second-order valence-corrected chi connectivity index (χ2v) is 5.97. The van der Waals surface area contributed by atoms with Crippen LogP contribution in [0.4, 0.5) is 5.69 Å². The van der Waals surface area contributed by atoms with E-state index in [0.717, 1.165) is 27.8 Å². The van der Waals surface area contributed by atoms with Crippen molar-refractivity contribution in [2.24, 2.45) is 0 Å². The predicted molar refractivity (Wildman–Crippen MR) is 86.2 cm³/mol. The van der Waals surface area contributed by atoms with E-state index in [9.17, 15) is 4.79 Å². The molecular formula is C15H12ClN3OS. The Labute approximate surface area is 131 Å². The maximum absolute atomic E-state index is 12.6. The second-order valence-electron chi connectivity index (χ2n) is 4.41. The van der Waals surface area contributed by atoms with Crippen molar-refractivity contribution in [3.8, 4) is 0 Å². The van der Waals surface area contributed by atoms with Gasteiger partial charge in [-0.25, -0.2) is 0 Å². The first-order valence-electron chi connectivity index (χ1n) is 6.49. The molecule has 0 aliphatic carbocycles. The fraction of sp³-hybridized carbons (Fsp3) is 0.133. The lowest BCUT2D eigenvalue weighted by atomic mass is 10.1. The molecule has 3 rings (SSSR count). The smallest absolute Gasteiger partial charge is 0.289 e. The first-order valence-corrected chi connectivity index (χ1v) is 7.68. The van der Waals surface area contributed by atoms with Gasteiger partial charge < -0.3 is 4.90 Å². The summed E-state index contributed by atoms with van der Waals surface area (Å²) in [6.07, 6.45) is 0. The highest BCUT2D eigenvalue weighted by molar-refractivity contribution is 7.17. The summed E-state index contributed by atoms with van der Waals surface area (Å²) in [7, 11) is 0. The molecule has 106 valence electrons. The molecule has 0 spiro atoms. The zero-order valence-electron chi connectivity index (χ0n) is 11.3. The number of carbonyl (C=O) groups excluding carboxylic acids is 1. The molecule has 0 radical (unpaired) electrons. The third kappa shape index (κ3) is 2.62. The number of fused-ring (bicyclic) bond motifs is 1. The average Bonchev–Trinajstić information content (AvgIpc) is 2.95. The Bertz CT molecular complexity index is 797. The van der Waals surface area contributed by atoms with Crippen molar-refractivity contribution in [3.63, 3.8) is 0 Å². The van der Waals surface area contributed by atoms with Crippen LogP contribution in [0, 0.1) is 0 Å². The van der Waals surface area contributed by atoms with E-state index in [4.69, 9.17) is 11.6 Å². The number of anilines is 1. The van der Waals surface area contributed by atoms with Gasteiger partial charge in [0, 0.05) is 11.9 Å². The zero-order chi connectivity index (χ0) is 14.8. The monoisotopic (exact) mass is 317 g/mol. The molecule has 6 heteroatoms. The molecule has 0 saturated carbocycles. The number of benzene rings is 2. The number of halogens is 1. The molecule has 0 unspecified atom stereocenters. The van der Waals surface area contributed by atoms with Crippen molar-refractivity contribution in [3.05, 3.63) is 51.9 Å². The lowest BCUT2D eigenvalue weighted by molar-refractivity contribution is 0.0987. The maximum Gasteiger partial charge on any atom is 0.289 e. The quantitative estimate of drug-likeness (QED) is 0.733. The minimum absolute atomic E-state index is 0.182. The average molecular weight is 318 g/mol. The Morgan fingerprint density at radius 3 is 2.67 bits per heavy atom. The highest BCUT2D eigenvalue weighted by atomic mass is 35.5. The molecule has 0 bridgehead atoms. The number of carbonyl (C=O) groups is 1. The third-order valence-corrected chi connectivity index (χ3v) is 4.21. The van der Waals surface area contributed by atoms with Gasteiger partial charge in [0.15, 0.2) is 0 Å². The molecule has 0 saturated heterocycles. The first kappa shape index (κ1) is 14.0. The minimum Gasteiger partial charge on any atom is -0.306 e.